The quantitative estimate of drug-likeness (QED) is 0.427. The van der Waals surface area contributed by atoms with Crippen molar-refractivity contribution in [3.63, 3.8) is 0 Å². The van der Waals surface area contributed by atoms with Gasteiger partial charge in [0.2, 0.25) is 0 Å². The molecule has 2 unspecified atom stereocenters. The SMILES string of the molecule is CN1C(=[N+](C)C)[NH+](C)CC1CO. The Morgan fingerprint density at radius 3 is 2.50 bits per heavy atom. The molecule has 0 spiro atoms. The largest absolute Gasteiger partial charge is 0.444 e. The first-order chi connectivity index (χ1) is 5.57. The van der Waals surface area contributed by atoms with Crippen LogP contribution >= 0.6 is 0 Å². The summed E-state index contributed by atoms with van der Waals surface area (Å²) in [5, 5.41) is 9.07. The maximum atomic E-state index is 9.07. The minimum absolute atomic E-state index is 0.241. The third-order valence-corrected chi connectivity index (χ3v) is 2.44. The van der Waals surface area contributed by atoms with E-state index in [9.17, 15) is 0 Å². The summed E-state index contributed by atoms with van der Waals surface area (Å²) >= 11 is 0. The van der Waals surface area contributed by atoms with Crippen molar-refractivity contribution in [2.45, 2.75) is 6.04 Å². The van der Waals surface area contributed by atoms with Crippen molar-refractivity contribution in [1.82, 2.24) is 4.90 Å². The molecular formula is C8H19N3O+2. The number of quaternary nitrogens is 1. The van der Waals surface area contributed by atoms with Gasteiger partial charge in [-0.15, -0.1) is 0 Å². The fourth-order valence-electron chi connectivity index (χ4n) is 1.94. The van der Waals surface area contributed by atoms with E-state index in [-0.39, 0.29) is 12.6 Å². The lowest BCUT2D eigenvalue weighted by molar-refractivity contribution is -0.803. The monoisotopic (exact) mass is 173 g/mol. The van der Waals surface area contributed by atoms with Crippen LogP contribution in [0.3, 0.4) is 0 Å². The summed E-state index contributed by atoms with van der Waals surface area (Å²) < 4.78 is 2.10. The van der Waals surface area contributed by atoms with Crippen molar-refractivity contribution in [2.24, 2.45) is 0 Å². The maximum absolute atomic E-state index is 9.07. The summed E-state index contributed by atoms with van der Waals surface area (Å²) in [7, 11) is 8.23. The van der Waals surface area contributed by atoms with Gasteiger partial charge in [0.05, 0.1) is 34.8 Å². The van der Waals surface area contributed by atoms with Gasteiger partial charge in [-0.1, -0.05) is 0 Å². The van der Waals surface area contributed by atoms with E-state index < -0.39 is 0 Å². The standard InChI is InChI=1S/C8H18N3O/c1-9(2)8-10(3)5-7(6-12)11(8)4/h7,12H,5-6H2,1-4H3/q+1/p+1. The third-order valence-electron chi connectivity index (χ3n) is 2.44. The minimum atomic E-state index is 0.241. The van der Waals surface area contributed by atoms with Gasteiger partial charge in [-0.05, 0) is 0 Å². The van der Waals surface area contributed by atoms with Crippen molar-refractivity contribution in [2.75, 3.05) is 41.3 Å². The van der Waals surface area contributed by atoms with Crippen LogP contribution in [-0.4, -0.2) is 67.9 Å². The molecule has 1 fully saturated rings. The molecule has 1 saturated heterocycles. The summed E-state index contributed by atoms with van der Waals surface area (Å²) in [6.45, 7) is 1.23. The molecule has 0 saturated carbocycles. The van der Waals surface area contributed by atoms with Gasteiger partial charge in [-0.3, -0.25) is 0 Å². The van der Waals surface area contributed by atoms with Gasteiger partial charge in [-0.2, -0.15) is 0 Å². The Balaban J connectivity index is 2.85. The van der Waals surface area contributed by atoms with Crippen molar-refractivity contribution in [1.29, 1.82) is 0 Å². The van der Waals surface area contributed by atoms with E-state index in [1.807, 2.05) is 21.1 Å². The molecule has 1 heterocycles. The van der Waals surface area contributed by atoms with E-state index in [0.717, 1.165) is 6.54 Å². The highest BCUT2D eigenvalue weighted by molar-refractivity contribution is 5.67. The highest BCUT2D eigenvalue weighted by Crippen LogP contribution is 1.97. The molecule has 0 radical (unpaired) electrons. The zero-order valence-electron chi connectivity index (χ0n) is 8.33. The first kappa shape index (κ1) is 9.48. The number of aliphatic hydroxyl groups is 1. The van der Waals surface area contributed by atoms with Crippen LogP contribution in [0.5, 0.6) is 0 Å². The van der Waals surface area contributed by atoms with Crippen LogP contribution in [0.25, 0.3) is 0 Å². The molecule has 2 atom stereocenters. The number of guanidine groups is 1. The summed E-state index contributed by atoms with van der Waals surface area (Å²) in [5.74, 6) is 1.24. The number of rotatable bonds is 1. The normalized spacial score (nSPS) is 29.8. The second-order valence-electron chi connectivity index (χ2n) is 3.65. The zero-order chi connectivity index (χ0) is 9.30. The number of aliphatic hydroxyl groups excluding tert-OH is 1. The van der Waals surface area contributed by atoms with E-state index >= 15 is 0 Å². The number of hydrogen-bond acceptors (Lipinski definition) is 1. The van der Waals surface area contributed by atoms with E-state index in [0.29, 0.717) is 0 Å². The van der Waals surface area contributed by atoms with Gasteiger partial charge in [-0.25, -0.2) is 14.4 Å². The van der Waals surface area contributed by atoms with E-state index in [1.54, 1.807) is 0 Å². The fraction of sp³-hybridized carbons (Fsp3) is 0.875. The Labute approximate surface area is 73.7 Å². The maximum Gasteiger partial charge on any atom is 0.444 e. The van der Waals surface area contributed by atoms with Gasteiger partial charge < -0.3 is 5.11 Å². The first-order valence-electron chi connectivity index (χ1n) is 4.28. The topological polar surface area (TPSA) is 30.9 Å². The van der Waals surface area contributed by atoms with Gasteiger partial charge in [0.25, 0.3) is 0 Å². The molecule has 0 aromatic heterocycles. The van der Waals surface area contributed by atoms with Crippen molar-refractivity contribution in [3.8, 4) is 0 Å². The molecule has 12 heavy (non-hydrogen) atoms. The van der Waals surface area contributed by atoms with Crippen LogP contribution in [-0.2, 0) is 0 Å². The molecule has 2 N–H and O–H groups in total. The molecule has 0 bridgehead atoms. The molecule has 0 aromatic rings. The Morgan fingerprint density at radius 1 is 1.67 bits per heavy atom. The average molecular weight is 173 g/mol. The third kappa shape index (κ3) is 1.44. The smallest absolute Gasteiger partial charge is 0.392 e. The van der Waals surface area contributed by atoms with Gasteiger partial charge in [0.1, 0.15) is 6.54 Å². The van der Waals surface area contributed by atoms with Crippen molar-refractivity contribution < 1.29 is 14.6 Å². The van der Waals surface area contributed by atoms with Crippen LogP contribution in [0, 0.1) is 0 Å². The zero-order valence-corrected chi connectivity index (χ0v) is 8.33. The number of nitrogens with one attached hydrogen (secondary N) is 1. The summed E-state index contributed by atoms with van der Waals surface area (Å²) in [6, 6.07) is 0.280. The molecule has 0 amide bonds. The lowest BCUT2D eigenvalue weighted by atomic mass is 10.3. The van der Waals surface area contributed by atoms with Crippen LogP contribution in [0.1, 0.15) is 0 Å². The van der Waals surface area contributed by atoms with Gasteiger partial charge in [0, 0.05) is 0 Å². The minimum Gasteiger partial charge on any atom is -0.392 e. The molecule has 1 aliphatic rings. The number of hydrogen-bond donors (Lipinski definition) is 2. The highest BCUT2D eigenvalue weighted by Gasteiger charge is 2.42. The highest BCUT2D eigenvalue weighted by atomic mass is 16.3. The Hall–Kier alpha value is -0.610. The fourth-order valence-corrected chi connectivity index (χ4v) is 1.94. The van der Waals surface area contributed by atoms with Crippen molar-refractivity contribution >= 4 is 5.96 Å². The number of likely N-dealkylation sites (N-methyl/N-ethyl adjacent to an activating group) is 2. The molecular weight excluding hydrogens is 154 g/mol. The predicted molar refractivity (Wildman–Crippen MR) is 47.5 cm³/mol. The Bertz CT molecular complexity index is 198. The summed E-state index contributed by atoms with van der Waals surface area (Å²) in [4.78, 5) is 3.51. The first-order valence-corrected chi connectivity index (χ1v) is 4.28. The lowest BCUT2D eigenvalue weighted by Gasteiger charge is -2.08. The van der Waals surface area contributed by atoms with E-state index in [2.05, 4.69) is 16.5 Å². The summed E-state index contributed by atoms with van der Waals surface area (Å²) in [5.41, 5.74) is 0. The molecule has 0 aliphatic carbocycles. The van der Waals surface area contributed by atoms with Crippen LogP contribution in [0.15, 0.2) is 0 Å². The lowest BCUT2D eigenvalue weighted by Crippen LogP contribution is -3.11. The molecule has 4 nitrogen and oxygen atoms in total. The van der Waals surface area contributed by atoms with Crippen molar-refractivity contribution in [3.05, 3.63) is 0 Å². The molecule has 1 aliphatic heterocycles. The Morgan fingerprint density at radius 2 is 2.25 bits per heavy atom. The average Bonchev–Trinajstić information content (AvgIpc) is 2.25. The molecule has 70 valence electrons. The van der Waals surface area contributed by atoms with Gasteiger partial charge in [0.15, 0.2) is 6.04 Å². The second-order valence-corrected chi connectivity index (χ2v) is 3.65. The van der Waals surface area contributed by atoms with E-state index in [4.69, 9.17) is 5.11 Å². The van der Waals surface area contributed by atoms with Crippen LogP contribution in [0.2, 0.25) is 0 Å². The van der Waals surface area contributed by atoms with Crippen LogP contribution < -0.4 is 4.90 Å². The van der Waals surface area contributed by atoms with Gasteiger partial charge >= 0.3 is 5.96 Å². The molecule has 0 aromatic carbocycles. The predicted octanol–water partition coefficient (Wildman–Crippen LogP) is -2.56. The number of nitrogens with zero attached hydrogens (tertiary/aromatic N) is 2. The molecule has 4 heteroatoms. The Kier molecular flexibility index (Phi) is 2.69. The van der Waals surface area contributed by atoms with Crippen LogP contribution in [0.4, 0.5) is 0 Å². The second kappa shape index (κ2) is 3.41. The molecule has 1 rings (SSSR count). The van der Waals surface area contributed by atoms with E-state index in [1.165, 1.54) is 10.9 Å². The summed E-state index contributed by atoms with van der Waals surface area (Å²) in [6.07, 6.45) is 0.